The first kappa shape index (κ1) is 29.1. The fourth-order valence-corrected chi connectivity index (χ4v) is 5.96. The zero-order valence-electron chi connectivity index (χ0n) is 23.7. The molecule has 42 heavy (non-hydrogen) atoms. The van der Waals surface area contributed by atoms with Crippen molar-refractivity contribution in [1.82, 2.24) is 25.1 Å². The predicted molar refractivity (Wildman–Crippen MR) is 158 cm³/mol. The average Bonchev–Trinajstić information content (AvgIpc) is 3.74. The van der Waals surface area contributed by atoms with Gasteiger partial charge in [-0.3, -0.25) is 4.79 Å². The number of hydrogen-bond acceptors (Lipinski definition) is 10. The van der Waals surface area contributed by atoms with Crippen LogP contribution in [0, 0.1) is 6.92 Å². The quantitative estimate of drug-likeness (QED) is 0.227. The van der Waals surface area contributed by atoms with Crippen LogP contribution in [0.15, 0.2) is 52.3 Å². The summed E-state index contributed by atoms with van der Waals surface area (Å²) in [6, 6.07) is 12.1. The van der Waals surface area contributed by atoms with Gasteiger partial charge in [0.1, 0.15) is 16.5 Å². The average molecular weight is 592 g/mol. The monoisotopic (exact) mass is 591 g/mol. The third-order valence-electron chi connectivity index (χ3n) is 6.98. The van der Waals surface area contributed by atoms with Gasteiger partial charge in [0.25, 0.3) is 11.8 Å². The lowest BCUT2D eigenvalue weighted by Gasteiger charge is -2.23. The molecule has 1 fully saturated rings. The number of benzene rings is 1. The van der Waals surface area contributed by atoms with Crippen LogP contribution in [0.2, 0.25) is 0 Å². The summed E-state index contributed by atoms with van der Waals surface area (Å²) in [5.74, 6) is 0.273. The van der Waals surface area contributed by atoms with Gasteiger partial charge in [-0.1, -0.05) is 35.4 Å². The van der Waals surface area contributed by atoms with Crippen LogP contribution in [0.1, 0.15) is 52.4 Å². The number of rotatable bonds is 11. The van der Waals surface area contributed by atoms with Gasteiger partial charge >= 0.3 is 12.1 Å². The standard InChI is InChI=1S/C29H33N7O5S/c1-18-17-42-26(31-18)23-10-7-12-35(23)27(37)21-15-22(32-24(16-21)30-11-13-40-3)25-33-34-28(41-25)36(29(38)39)19(2)14-20-8-5-4-6-9-20/h4-6,8-9,15-17,19,23H,7,10-14H2,1-3H3,(H,30,32)(H,38,39)/t19?,23-/m1/s1. The lowest BCUT2D eigenvalue weighted by molar-refractivity contribution is 0.0735. The van der Waals surface area contributed by atoms with E-state index in [0.717, 1.165) is 34.0 Å². The maximum atomic E-state index is 13.8. The Balaban J connectivity index is 1.44. The summed E-state index contributed by atoms with van der Waals surface area (Å²) >= 11 is 1.56. The molecule has 1 aliphatic heterocycles. The number of amides is 2. The number of carbonyl (C=O) groups is 2. The van der Waals surface area contributed by atoms with Gasteiger partial charge in [-0.2, -0.15) is 0 Å². The SMILES string of the molecule is COCCNc1cc(C(=O)N2CCC[C@@H]2c2nc(C)cs2)cc(-c2nnc(N(C(=O)O)C(C)Cc3ccccc3)o2)n1. The molecule has 1 aromatic carbocycles. The van der Waals surface area contributed by atoms with Crippen LogP contribution in [0.4, 0.5) is 16.6 Å². The topological polar surface area (TPSA) is 147 Å². The third kappa shape index (κ3) is 6.58. The third-order valence-corrected chi connectivity index (χ3v) is 8.04. The van der Waals surface area contributed by atoms with Crippen molar-refractivity contribution in [3.05, 3.63) is 69.7 Å². The number of nitrogens with one attached hydrogen (secondary N) is 1. The Labute approximate surface area is 247 Å². The smallest absolute Gasteiger partial charge is 0.415 e. The summed E-state index contributed by atoms with van der Waals surface area (Å²) in [5.41, 5.74) is 2.56. The minimum Gasteiger partial charge on any atom is -0.465 e. The lowest BCUT2D eigenvalue weighted by atomic mass is 10.1. The van der Waals surface area contributed by atoms with Gasteiger partial charge in [0.05, 0.1) is 12.6 Å². The molecule has 1 aliphatic rings. The van der Waals surface area contributed by atoms with Crippen molar-refractivity contribution in [2.75, 3.05) is 37.0 Å². The molecule has 0 saturated carbocycles. The zero-order chi connectivity index (χ0) is 29.6. The molecule has 12 nitrogen and oxygen atoms in total. The molecule has 5 rings (SSSR count). The number of hydrogen-bond donors (Lipinski definition) is 2. The van der Waals surface area contributed by atoms with E-state index >= 15 is 0 Å². The Morgan fingerprint density at radius 1 is 1.24 bits per heavy atom. The summed E-state index contributed by atoms with van der Waals surface area (Å²) in [5, 5.41) is 24.2. The summed E-state index contributed by atoms with van der Waals surface area (Å²) in [4.78, 5) is 38.2. The number of nitrogens with zero attached hydrogens (tertiary/aromatic N) is 6. The minimum absolute atomic E-state index is 0.00104. The van der Waals surface area contributed by atoms with Crippen LogP contribution in [0.3, 0.4) is 0 Å². The lowest BCUT2D eigenvalue weighted by Crippen LogP contribution is -2.39. The molecular weight excluding hydrogens is 558 g/mol. The molecule has 1 unspecified atom stereocenters. The van der Waals surface area contributed by atoms with Gasteiger partial charge in [0.15, 0.2) is 0 Å². The summed E-state index contributed by atoms with van der Waals surface area (Å²) < 4.78 is 11.0. The zero-order valence-corrected chi connectivity index (χ0v) is 24.5. The predicted octanol–water partition coefficient (Wildman–Crippen LogP) is 5.05. The van der Waals surface area contributed by atoms with Gasteiger partial charge < -0.3 is 24.5 Å². The van der Waals surface area contributed by atoms with E-state index in [4.69, 9.17) is 9.15 Å². The van der Waals surface area contributed by atoms with Crippen molar-refractivity contribution in [2.24, 2.45) is 0 Å². The van der Waals surface area contributed by atoms with Crippen LogP contribution in [-0.2, 0) is 11.2 Å². The molecule has 2 atom stereocenters. The Morgan fingerprint density at radius 3 is 2.76 bits per heavy atom. The maximum Gasteiger partial charge on any atom is 0.415 e. The van der Waals surface area contributed by atoms with Gasteiger partial charge in [-0.25, -0.2) is 19.7 Å². The second kappa shape index (κ2) is 13.1. The molecule has 4 aromatic rings. The first-order chi connectivity index (χ1) is 20.3. The summed E-state index contributed by atoms with van der Waals surface area (Å²) in [6.45, 7) is 5.23. The van der Waals surface area contributed by atoms with Crippen molar-refractivity contribution in [3.63, 3.8) is 0 Å². The highest BCUT2D eigenvalue weighted by molar-refractivity contribution is 7.09. The number of pyridine rings is 1. The summed E-state index contributed by atoms with van der Waals surface area (Å²) in [6.07, 6.45) is 0.959. The molecule has 4 heterocycles. The molecule has 0 spiro atoms. The van der Waals surface area contributed by atoms with Crippen LogP contribution in [-0.4, -0.2) is 75.0 Å². The van der Waals surface area contributed by atoms with Gasteiger partial charge in [0, 0.05) is 42.9 Å². The van der Waals surface area contributed by atoms with E-state index in [1.54, 1.807) is 37.5 Å². The van der Waals surface area contributed by atoms with Crippen LogP contribution in [0.25, 0.3) is 11.6 Å². The van der Waals surface area contributed by atoms with Crippen LogP contribution < -0.4 is 10.2 Å². The molecule has 13 heteroatoms. The molecule has 220 valence electrons. The highest BCUT2D eigenvalue weighted by Crippen LogP contribution is 2.35. The van der Waals surface area contributed by atoms with E-state index < -0.39 is 12.1 Å². The number of carboxylic acid groups (broad SMARTS) is 1. The van der Waals surface area contributed by atoms with Crippen molar-refractivity contribution < 1.29 is 23.8 Å². The largest absolute Gasteiger partial charge is 0.465 e. The Hall–Kier alpha value is -4.36. The van der Waals surface area contributed by atoms with E-state index in [2.05, 4.69) is 25.5 Å². The van der Waals surface area contributed by atoms with Crippen molar-refractivity contribution in [3.8, 4) is 11.6 Å². The molecule has 0 radical (unpaired) electrons. The van der Waals surface area contributed by atoms with Crippen molar-refractivity contribution in [1.29, 1.82) is 0 Å². The Morgan fingerprint density at radius 2 is 2.05 bits per heavy atom. The fraction of sp³-hybridized carbons (Fsp3) is 0.379. The number of aryl methyl sites for hydroxylation is 1. The number of aromatic nitrogens is 4. The highest BCUT2D eigenvalue weighted by Gasteiger charge is 2.33. The van der Waals surface area contributed by atoms with E-state index in [1.165, 1.54) is 0 Å². The van der Waals surface area contributed by atoms with Gasteiger partial charge in [-0.15, -0.1) is 16.4 Å². The number of ether oxygens (including phenoxy) is 1. The fourth-order valence-electron chi connectivity index (χ4n) is 5.01. The van der Waals surface area contributed by atoms with Crippen LogP contribution in [0.5, 0.6) is 0 Å². The molecule has 0 aliphatic carbocycles. The first-order valence-corrected chi connectivity index (χ1v) is 14.6. The van der Waals surface area contributed by atoms with E-state index in [9.17, 15) is 14.7 Å². The Bertz CT molecular complexity index is 1530. The van der Waals surface area contributed by atoms with Gasteiger partial charge in [0.2, 0.25) is 0 Å². The second-order valence-electron chi connectivity index (χ2n) is 10.1. The molecule has 3 aromatic heterocycles. The summed E-state index contributed by atoms with van der Waals surface area (Å²) in [7, 11) is 1.60. The maximum absolute atomic E-state index is 13.8. The number of methoxy groups -OCH3 is 1. The second-order valence-corrected chi connectivity index (χ2v) is 11.0. The molecule has 0 bridgehead atoms. The number of likely N-dealkylation sites (tertiary alicyclic amines) is 1. The Kier molecular flexibility index (Phi) is 9.08. The molecule has 1 saturated heterocycles. The highest BCUT2D eigenvalue weighted by atomic mass is 32.1. The van der Waals surface area contributed by atoms with Crippen molar-refractivity contribution in [2.45, 2.75) is 45.2 Å². The first-order valence-electron chi connectivity index (χ1n) is 13.7. The molecule has 2 amide bonds. The molecular formula is C29H33N7O5S. The normalized spacial score (nSPS) is 15.5. The minimum atomic E-state index is -1.22. The number of carbonyl (C=O) groups excluding carboxylic acids is 1. The van der Waals surface area contributed by atoms with Crippen LogP contribution >= 0.6 is 11.3 Å². The van der Waals surface area contributed by atoms with E-state index in [0.29, 0.717) is 37.5 Å². The number of thiazole rings is 1. The number of anilines is 2. The molecule has 2 N–H and O–H groups in total. The van der Waals surface area contributed by atoms with E-state index in [1.807, 2.05) is 47.5 Å². The van der Waals surface area contributed by atoms with Gasteiger partial charge in [-0.05, 0) is 50.8 Å². The van der Waals surface area contributed by atoms with Crippen molar-refractivity contribution >= 4 is 35.2 Å². The van der Waals surface area contributed by atoms with E-state index in [-0.39, 0.29) is 29.5 Å².